The van der Waals surface area contributed by atoms with Crippen molar-refractivity contribution in [3.8, 4) is 0 Å². The molecule has 1 aromatic heterocycles. The topological polar surface area (TPSA) is 69.0 Å². The van der Waals surface area contributed by atoms with Gasteiger partial charge in [-0.15, -0.1) is 12.4 Å². The van der Waals surface area contributed by atoms with Crippen molar-refractivity contribution in [1.29, 1.82) is 0 Å². The van der Waals surface area contributed by atoms with Crippen LogP contribution in [0.15, 0.2) is 11.0 Å². The highest BCUT2D eigenvalue weighted by molar-refractivity contribution is 5.91. The molecule has 0 unspecified atom stereocenters. The molecule has 0 radical (unpaired) electrons. The van der Waals surface area contributed by atoms with E-state index >= 15 is 0 Å². The number of carbonyl (C=O) groups excluding carboxylic acids is 1. The second-order valence-corrected chi connectivity index (χ2v) is 2.48. The smallest absolute Gasteiger partial charge is 0.323 e. The van der Waals surface area contributed by atoms with E-state index in [0.29, 0.717) is 12.2 Å². The summed E-state index contributed by atoms with van der Waals surface area (Å²) in [4.78, 5) is 28.2. The third-order valence-corrected chi connectivity index (χ3v) is 1.65. The number of amides is 1. The molecule has 0 aliphatic rings. The summed E-state index contributed by atoms with van der Waals surface area (Å²) < 4.78 is 0. The highest BCUT2D eigenvalue weighted by Crippen LogP contribution is 1.94. The van der Waals surface area contributed by atoms with E-state index in [1.165, 1.54) is 11.1 Å². The molecule has 1 rings (SSSR count). The molecule has 13 heavy (non-hydrogen) atoms. The van der Waals surface area contributed by atoms with Gasteiger partial charge in [-0.05, 0) is 6.92 Å². The molecule has 0 saturated carbocycles. The number of aromatic amines is 2. The molecule has 1 amide bonds. The van der Waals surface area contributed by atoms with Gasteiger partial charge < -0.3 is 14.9 Å². The van der Waals surface area contributed by atoms with E-state index < -0.39 is 0 Å². The van der Waals surface area contributed by atoms with Gasteiger partial charge in [0.2, 0.25) is 0 Å². The second-order valence-electron chi connectivity index (χ2n) is 2.48. The predicted molar refractivity (Wildman–Crippen MR) is 51.3 cm³/mol. The highest BCUT2D eigenvalue weighted by Gasteiger charge is 2.10. The molecule has 74 valence electrons. The monoisotopic (exact) mass is 205 g/mol. The van der Waals surface area contributed by atoms with Crippen LogP contribution < -0.4 is 5.69 Å². The lowest BCUT2D eigenvalue weighted by Gasteiger charge is -2.11. The molecule has 0 fully saturated rings. The molecule has 0 saturated heterocycles. The summed E-state index contributed by atoms with van der Waals surface area (Å²) in [6.07, 6.45) is 1.37. The van der Waals surface area contributed by atoms with Crippen molar-refractivity contribution in [2.45, 2.75) is 6.92 Å². The molecule has 5 nitrogen and oxygen atoms in total. The number of hydrogen-bond donors (Lipinski definition) is 2. The number of rotatable bonds is 2. The summed E-state index contributed by atoms with van der Waals surface area (Å²) in [7, 11) is 1.67. The summed E-state index contributed by atoms with van der Waals surface area (Å²) >= 11 is 0. The highest BCUT2D eigenvalue weighted by atomic mass is 35.5. The van der Waals surface area contributed by atoms with Crippen LogP contribution in [0.1, 0.15) is 17.4 Å². The minimum Gasteiger partial charge on any atom is -0.341 e. The first-order valence-electron chi connectivity index (χ1n) is 3.68. The number of carbonyl (C=O) groups is 1. The van der Waals surface area contributed by atoms with Gasteiger partial charge in [-0.25, -0.2) is 4.79 Å². The van der Waals surface area contributed by atoms with Crippen LogP contribution in [-0.4, -0.2) is 34.4 Å². The first-order valence-corrected chi connectivity index (χ1v) is 3.68. The van der Waals surface area contributed by atoms with Crippen molar-refractivity contribution in [2.75, 3.05) is 13.6 Å². The van der Waals surface area contributed by atoms with E-state index in [-0.39, 0.29) is 24.0 Å². The summed E-state index contributed by atoms with van der Waals surface area (Å²) in [6, 6.07) is 0. The van der Waals surface area contributed by atoms with Crippen LogP contribution in [0.25, 0.3) is 0 Å². The van der Waals surface area contributed by atoms with Gasteiger partial charge in [0, 0.05) is 19.8 Å². The average molecular weight is 206 g/mol. The predicted octanol–water partition coefficient (Wildman–Crippen LogP) is 0.217. The normalized spacial score (nSPS) is 9.08. The first kappa shape index (κ1) is 11.8. The zero-order valence-electron chi connectivity index (χ0n) is 7.46. The van der Waals surface area contributed by atoms with E-state index in [1.807, 2.05) is 6.92 Å². The number of halogens is 1. The molecular formula is C7H12ClN3O2. The van der Waals surface area contributed by atoms with Gasteiger partial charge in [0.25, 0.3) is 5.91 Å². The number of nitrogens with zero attached hydrogens (tertiary/aromatic N) is 1. The largest absolute Gasteiger partial charge is 0.341 e. The number of aromatic nitrogens is 2. The Balaban J connectivity index is 0.00000144. The molecule has 0 aliphatic heterocycles. The fourth-order valence-electron chi connectivity index (χ4n) is 0.797. The van der Waals surface area contributed by atoms with Crippen LogP contribution >= 0.6 is 12.4 Å². The Kier molecular flexibility index (Phi) is 4.27. The van der Waals surface area contributed by atoms with Crippen LogP contribution in [0, 0.1) is 0 Å². The third-order valence-electron chi connectivity index (χ3n) is 1.65. The Bertz CT molecular complexity index is 330. The van der Waals surface area contributed by atoms with Crippen LogP contribution in [-0.2, 0) is 0 Å². The molecule has 1 heterocycles. The Morgan fingerprint density at radius 1 is 1.62 bits per heavy atom. The van der Waals surface area contributed by atoms with Gasteiger partial charge in [0.1, 0.15) is 5.69 Å². The van der Waals surface area contributed by atoms with Gasteiger partial charge in [-0.1, -0.05) is 0 Å². The fraction of sp³-hybridized carbons (Fsp3) is 0.429. The number of H-pyrrole nitrogens is 2. The Morgan fingerprint density at radius 2 is 2.23 bits per heavy atom. The minimum absolute atomic E-state index is 0. The van der Waals surface area contributed by atoms with Gasteiger partial charge in [0.05, 0.1) is 0 Å². The SMILES string of the molecule is CCN(C)C(=O)c1c[nH]c(=O)[nH]1.Cl. The zero-order valence-corrected chi connectivity index (χ0v) is 8.27. The second kappa shape index (κ2) is 4.71. The van der Waals surface area contributed by atoms with Crippen molar-refractivity contribution < 1.29 is 4.79 Å². The van der Waals surface area contributed by atoms with E-state index in [0.717, 1.165) is 0 Å². The maximum atomic E-state index is 11.3. The Hall–Kier alpha value is -1.23. The molecule has 0 aromatic carbocycles. The molecule has 0 spiro atoms. The average Bonchev–Trinajstić information content (AvgIpc) is 2.49. The summed E-state index contributed by atoms with van der Waals surface area (Å²) in [6.45, 7) is 2.48. The summed E-state index contributed by atoms with van der Waals surface area (Å²) in [5.74, 6) is -0.184. The first-order chi connectivity index (χ1) is 5.65. The zero-order chi connectivity index (χ0) is 9.14. The van der Waals surface area contributed by atoms with Crippen LogP contribution in [0.4, 0.5) is 0 Å². The number of hydrogen-bond acceptors (Lipinski definition) is 2. The number of nitrogens with one attached hydrogen (secondary N) is 2. The van der Waals surface area contributed by atoms with Crippen molar-refractivity contribution >= 4 is 18.3 Å². The lowest BCUT2D eigenvalue weighted by molar-refractivity contribution is 0.0797. The van der Waals surface area contributed by atoms with Crippen LogP contribution in [0.5, 0.6) is 0 Å². The van der Waals surface area contributed by atoms with Gasteiger partial charge in [-0.3, -0.25) is 4.79 Å². The van der Waals surface area contributed by atoms with Gasteiger partial charge >= 0.3 is 5.69 Å². The maximum Gasteiger partial charge on any atom is 0.323 e. The molecule has 0 atom stereocenters. The molecule has 0 bridgehead atoms. The van der Waals surface area contributed by atoms with Crippen LogP contribution in [0.3, 0.4) is 0 Å². The summed E-state index contributed by atoms with van der Waals surface area (Å²) in [5.41, 5.74) is -0.0628. The molecule has 6 heteroatoms. The van der Waals surface area contributed by atoms with Crippen molar-refractivity contribution in [3.63, 3.8) is 0 Å². The van der Waals surface area contributed by atoms with Crippen molar-refractivity contribution in [1.82, 2.24) is 14.9 Å². The molecule has 1 aromatic rings. The van der Waals surface area contributed by atoms with Crippen molar-refractivity contribution in [2.24, 2.45) is 0 Å². The van der Waals surface area contributed by atoms with E-state index in [1.54, 1.807) is 7.05 Å². The van der Waals surface area contributed by atoms with Gasteiger partial charge in [0.15, 0.2) is 0 Å². The third kappa shape index (κ3) is 2.62. The minimum atomic E-state index is -0.358. The van der Waals surface area contributed by atoms with Crippen LogP contribution in [0.2, 0.25) is 0 Å². The molecule has 0 aliphatic carbocycles. The van der Waals surface area contributed by atoms with E-state index in [9.17, 15) is 9.59 Å². The van der Waals surface area contributed by atoms with E-state index in [2.05, 4.69) is 9.97 Å². The fourth-order valence-corrected chi connectivity index (χ4v) is 0.797. The van der Waals surface area contributed by atoms with Crippen molar-refractivity contribution in [3.05, 3.63) is 22.4 Å². The lowest BCUT2D eigenvalue weighted by Crippen LogP contribution is -2.26. The Morgan fingerprint density at radius 3 is 2.62 bits per heavy atom. The Labute approximate surface area is 81.6 Å². The lowest BCUT2D eigenvalue weighted by atomic mass is 10.4. The molecule has 2 N–H and O–H groups in total. The molecular weight excluding hydrogens is 194 g/mol. The van der Waals surface area contributed by atoms with E-state index in [4.69, 9.17) is 0 Å². The maximum absolute atomic E-state index is 11.3. The standard InChI is InChI=1S/C7H11N3O2.ClH/c1-3-10(2)6(11)5-4-8-7(12)9-5;/h4H,3H2,1-2H3,(H2,8,9,12);1H. The summed E-state index contributed by atoms with van der Waals surface area (Å²) in [5, 5.41) is 0. The number of imidazole rings is 1. The quantitative estimate of drug-likeness (QED) is 0.725. The van der Waals surface area contributed by atoms with Gasteiger partial charge in [-0.2, -0.15) is 0 Å².